The van der Waals surface area contributed by atoms with Crippen LogP contribution in [0.4, 0.5) is 5.95 Å². The Morgan fingerprint density at radius 3 is 2.85 bits per heavy atom. The summed E-state index contributed by atoms with van der Waals surface area (Å²) >= 11 is 1.81. The number of thiophene rings is 1. The number of nitrogens with zero attached hydrogens (tertiary/aromatic N) is 4. The molecule has 0 saturated carbocycles. The summed E-state index contributed by atoms with van der Waals surface area (Å²) in [7, 11) is 1.90. The van der Waals surface area contributed by atoms with Gasteiger partial charge >= 0.3 is 0 Å². The second kappa shape index (κ2) is 10.3. The van der Waals surface area contributed by atoms with Crippen molar-refractivity contribution in [2.24, 2.45) is 4.99 Å². The number of anilines is 1. The van der Waals surface area contributed by atoms with Gasteiger partial charge in [-0.25, -0.2) is 4.98 Å². The van der Waals surface area contributed by atoms with E-state index in [2.05, 4.69) is 44.2 Å². The standard InChI is InChI=1S/C19H27N5O2S/c1-3-16-4-5-17(27-16)14-21-13-15-12-18(26-9-6-20-2)23-19(22-15)24-7-10-25-11-8-24/h4-5,12-13,20H,3,6-11,14H2,1-2H3. The zero-order valence-corrected chi connectivity index (χ0v) is 16.8. The number of aromatic nitrogens is 2. The number of hydrogen-bond acceptors (Lipinski definition) is 8. The van der Waals surface area contributed by atoms with Crippen molar-refractivity contribution in [3.8, 4) is 5.88 Å². The zero-order chi connectivity index (χ0) is 18.9. The first-order chi connectivity index (χ1) is 13.3. The molecule has 2 aromatic heterocycles. The van der Waals surface area contributed by atoms with E-state index >= 15 is 0 Å². The van der Waals surface area contributed by atoms with E-state index in [-0.39, 0.29) is 0 Å². The van der Waals surface area contributed by atoms with Crippen LogP contribution in [0.15, 0.2) is 23.2 Å². The Kier molecular flexibility index (Phi) is 7.55. The van der Waals surface area contributed by atoms with Crippen LogP contribution in [0.3, 0.4) is 0 Å². The van der Waals surface area contributed by atoms with Crippen LogP contribution in [-0.2, 0) is 17.7 Å². The van der Waals surface area contributed by atoms with Gasteiger partial charge in [-0.2, -0.15) is 4.98 Å². The lowest BCUT2D eigenvalue weighted by Crippen LogP contribution is -2.37. The van der Waals surface area contributed by atoms with Crippen LogP contribution >= 0.6 is 11.3 Å². The third kappa shape index (κ3) is 5.98. The summed E-state index contributed by atoms with van der Waals surface area (Å²) in [6.07, 6.45) is 2.87. The summed E-state index contributed by atoms with van der Waals surface area (Å²) in [6.45, 7) is 7.10. The molecule has 2 aromatic rings. The first kappa shape index (κ1) is 19.7. The van der Waals surface area contributed by atoms with E-state index in [9.17, 15) is 0 Å². The zero-order valence-electron chi connectivity index (χ0n) is 16.0. The average Bonchev–Trinajstić information content (AvgIpc) is 3.17. The lowest BCUT2D eigenvalue weighted by Gasteiger charge is -2.27. The molecule has 0 spiro atoms. The molecule has 1 N–H and O–H groups in total. The lowest BCUT2D eigenvalue weighted by atomic mass is 10.3. The average molecular weight is 390 g/mol. The highest BCUT2D eigenvalue weighted by Gasteiger charge is 2.16. The van der Waals surface area contributed by atoms with Gasteiger partial charge in [0.25, 0.3) is 0 Å². The van der Waals surface area contributed by atoms with Crippen LogP contribution in [0.1, 0.15) is 22.4 Å². The van der Waals surface area contributed by atoms with E-state index in [1.54, 1.807) is 0 Å². The summed E-state index contributed by atoms with van der Waals surface area (Å²) in [5.74, 6) is 1.25. The highest BCUT2D eigenvalue weighted by molar-refractivity contribution is 7.11. The van der Waals surface area contributed by atoms with Crippen molar-refractivity contribution in [1.82, 2.24) is 15.3 Å². The molecule has 0 unspecified atom stereocenters. The van der Waals surface area contributed by atoms with Gasteiger partial charge in [0.05, 0.1) is 25.5 Å². The van der Waals surface area contributed by atoms with Crippen molar-refractivity contribution >= 4 is 23.5 Å². The van der Waals surface area contributed by atoms with Gasteiger partial charge in [-0.05, 0) is 25.6 Å². The van der Waals surface area contributed by atoms with Crippen molar-refractivity contribution in [3.05, 3.63) is 33.6 Å². The van der Waals surface area contributed by atoms with Gasteiger partial charge in [0.2, 0.25) is 11.8 Å². The minimum atomic E-state index is 0.557. The first-order valence-electron chi connectivity index (χ1n) is 9.35. The summed E-state index contributed by atoms with van der Waals surface area (Å²) in [4.78, 5) is 18.6. The van der Waals surface area contributed by atoms with E-state index in [1.165, 1.54) is 9.75 Å². The number of aryl methyl sites for hydroxylation is 1. The molecule has 146 valence electrons. The Bertz CT molecular complexity index is 743. The number of morpholine rings is 1. The van der Waals surface area contributed by atoms with Crippen LogP contribution in [0, 0.1) is 0 Å². The molecule has 7 nitrogen and oxygen atoms in total. The van der Waals surface area contributed by atoms with Gasteiger partial charge in [-0.3, -0.25) is 4.99 Å². The fourth-order valence-corrected chi connectivity index (χ4v) is 3.55. The molecule has 0 bridgehead atoms. The highest BCUT2D eigenvalue weighted by atomic mass is 32.1. The van der Waals surface area contributed by atoms with Crippen molar-refractivity contribution in [2.45, 2.75) is 19.9 Å². The maximum atomic E-state index is 5.77. The third-order valence-corrected chi connectivity index (χ3v) is 5.36. The second-order valence-corrected chi connectivity index (χ2v) is 7.43. The Hall–Kier alpha value is -2.03. The molecule has 0 atom stereocenters. The smallest absolute Gasteiger partial charge is 0.229 e. The molecule has 8 heteroatoms. The van der Waals surface area contributed by atoms with E-state index in [4.69, 9.17) is 9.47 Å². The molecule has 0 amide bonds. The summed E-state index contributed by atoms with van der Waals surface area (Å²) in [5, 5.41) is 3.07. The molecule has 0 aromatic carbocycles. The molecule has 1 aliphatic heterocycles. The number of aliphatic imine (C=N–C) groups is 1. The molecule has 1 aliphatic rings. The SMILES string of the molecule is CCc1ccc(CN=Cc2cc(OCCNC)nc(N3CCOCC3)n2)s1. The predicted octanol–water partition coefficient (Wildman–Crippen LogP) is 2.15. The van der Waals surface area contributed by atoms with Crippen LogP contribution in [0.5, 0.6) is 5.88 Å². The molecular formula is C19H27N5O2S. The van der Waals surface area contributed by atoms with Gasteiger partial charge < -0.3 is 19.7 Å². The summed E-state index contributed by atoms with van der Waals surface area (Å²) < 4.78 is 11.2. The quantitative estimate of drug-likeness (QED) is 0.523. The van der Waals surface area contributed by atoms with Gasteiger partial charge in [0.1, 0.15) is 6.61 Å². The molecule has 27 heavy (non-hydrogen) atoms. The number of ether oxygens (including phenoxy) is 2. The maximum absolute atomic E-state index is 5.77. The fraction of sp³-hybridized carbons (Fsp3) is 0.526. The molecular weight excluding hydrogens is 362 g/mol. The lowest BCUT2D eigenvalue weighted by molar-refractivity contribution is 0.122. The van der Waals surface area contributed by atoms with Crippen LogP contribution in [0.2, 0.25) is 0 Å². The second-order valence-electron chi connectivity index (χ2n) is 6.17. The van der Waals surface area contributed by atoms with E-state index in [1.807, 2.05) is 30.7 Å². The topological polar surface area (TPSA) is 71.9 Å². The van der Waals surface area contributed by atoms with Crippen LogP contribution in [0.25, 0.3) is 0 Å². The Morgan fingerprint density at radius 2 is 2.11 bits per heavy atom. The van der Waals surface area contributed by atoms with Crippen molar-refractivity contribution < 1.29 is 9.47 Å². The summed E-state index contributed by atoms with van der Waals surface area (Å²) in [6, 6.07) is 6.16. The van der Waals surface area contributed by atoms with Gasteiger partial charge in [-0.1, -0.05) is 6.92 Å². The largest absolute Gasteiger partial charge is 0.476 e. The molecule has 0 radical (unpaired) electrons. The van der Waals surface area contributed by atoms with Crippen molar-refractivity contribution in [3.63, 3.8) is 0 Å². The third-order valence-electron chi connectivity index (χ3n) is 4.14. The van der Waals surface area contributed by atoms with Gasteiger partial charge in [0, 0.05) is 41.7 Å². The molecule has 1 saturated heterocycles. The fourth-order valence-electron chi connectivity index (χ4n) is 2.66. The van der Waals surface area contributed by atoms with E-state index in [0.29, 0.717) is 38.2 Å². The molecule has 3 rings (SSSR count). The highest BCUT2D eigenvalue weighted by Crippen LogP contribution is 2.19. The van der Waals surface area contributed by atoms with E-state index in [0.717, 1.165) is 31.7 Å². The Labute approximate surface area is 164 Å². The number of likely N-dealkylation sites (N-methyl/N-ethyl adjacent to an activating group) is 1. The van der Waals surface area contributed by atoms with Crippen LogP contribution < -0.4 is 15.0 Å². The number of hydrogen-bond donors (Lipinski definition) is 1. The normalized spacial score (nSPS) is 14.8. The minimum absolute atomic E-state index is 0.557. The Morgan fingerprint density at radius 1 is 1.30 bits per heavy atom. The summed E-state index contributed by atoms with van der Waals surface area (Å²) in [5.41, 5.74) is 0.762. The maximum Gasteiger partial charge on any atom is 0.229 e. The van der Waals surface area contributed by atoms with Gasteiger partial charge in [0.15, 0.2) is 0 Å². The van der Waals surface area contributed by atoms with E-state index < -0.39 is 0 Å². The molecule has 3 heterocycles. The van der Waals surface area contributed by atoms with Crippen molar-refractivity contribution in [1.29, 1.82) is 0 Å². The predicted molar refractivity (Wildman–Crippen MR) is 109 cm³/mol. The van der Waals surface area contributed by atoms with Crippen LogP contribution in [-0.4, -0.2) is 62.7 Å². The number of rotatable bonds is 9. The van der Waals surface area contributed by atoms with Crippen molar-refractivity contribution in [2.75, 3.05) is 51.4 Å². The first-order valence-corrected chi connectivity index (χ1v) is 10.2. The van der Waals surface area contributed by atoms with Gasteiger partial charge in [-0.15, -0.1) is 11.3 Å². The monoisotopic (exact) mass is 389 g/mol. The Balaban J connectivity index is 1.72. The minimum Gasteiger partial charge on any atom is -0.476 e. The number of nitrogens with one attached hydrogen (secondary N) is 1. The molecule has 0 aliphatic carbocycles. The molecule has 1 fully saturated rings.